The molecule has 0 N–H and O–H groups in total. The molecule has 20 aromatic carbocycles. The molecule has 5 aliphatic carbocycles. The van der Waals surface area contributed by atoms with Crippen molar-refractivity contribution in [2.24, 2.45) is 0 Å². The number of aryl methyl sites for hydroxylation is 7. The predicted molar refractivity (Wildman–Crippen MR) is 618 cm³/mol. The van der Waals surface area contributed by atoms with E-state index >= 15 is 0 Å². The van der Waals surface area contributed by atoms with Gasteiger partial charge in [-0.25, -0.2) is 8.42 Å². The van der Waals surface area contributed by atoms with E-state index in [-0.39, 0.29) is 27.1 Å². The lowest BCUT2D eigenvalue weighted by molar-refractivity contribution is 0.598. The Balaban J connectivity index is 0.000000100. The van der Waals surface area contributed by atoms with Gasteiger partial charge in [-0.1, -0.05) is 492 Å². The number of nitrogens with zero attached hydrogens (tertiary/aromatic N) is 1. The fraction of sp³-hybridized carbons (Fsp3) is 0.155. The molecule has 0 fully saturated rings. The maximum absolute atomic E-state index is 12.2. The van der Waals surface area contributed by atoms with Gasteiger partial charge in [0.2, 0.25) is 9.84 Å². The molecule has 21 aromatic rings. The molecule has 1 aromatic heterocycles. The minimum Gasteiger partial charge on any atom is -0.309 e. The number of sulfone groups is 1. The van der Waals surface area contributed by atoms with E-state index in [4.69, 9.17) is 0 Å². The molecule has 0 unspecified atom stereocenters. The molecule has 4 heteroatoms. The predicted octanol–water partition coefficient (Wildman–Crippen LogP) is 37.7. The second kappa shape index (κ2) is 38.4. The van der Waals surface area contributed by atoms with Gasteiger partial charge < -0.3 is 4.57 Å². The van der Waals surface area contributed by atoms with Gasteiger partial charge in [0.1, 0.15) is 0 Å². The molecule has 0 bridgehead atoms. The molecule has 0 saturated carbocycles. The van der Waals surface area contributed by atoms with Crippen LogP contribution in [0.25, 0.3) is 150 Å². The highest BCUT2D eigenvalue weighted by Gasteiger charge is 2.43. The van der Waals surface area contributed by atoms with Crippen molar-refractivity contribution in [3.63, 3.8) is 0 Å². The van der Waals surface area contributed by atoms with Gasteiger partial charge >= 0.3 is 0 Å². The molecule has 0 atom stereocenters. The molecule has 0 radical (unpaired) electrons. The Hall–Kier alpha value is -15.9. The Morgan fingerprint density at radius 2 is 0.527 bits per heavy atom. The Labute approximate surface area is 864 Å². The van der Waals surface area contributed by atoms with Crippen LogP contribution < -0.4 is 0 Å². The van der Waals surface area contributed by atoms with E-state index in [0.29, 0.717) is 9.79 Å². The molecular weight excluding hydrogens is 1780 g/mol. The standard InChI is InChI=1S/5C22H20.C19H15N.C13H10O2S/c1-15-11-13-16(14-12-15)17-8-6-9-19-18-7-4-5-10-20(18)22(2,3)21(17)19;1-15-11-13-16(14-12-15)17-8-6-10-20-21(17)18-7-4-5-9-19(18)22(20,2)3;1-15-13-14-17(16-9-5-4-6-10-16)20-18-11-7-8-12-19(18)22(2,3)21(15)20;1-15-13-14-17(16-9-5-4-6-10-16)21-20(15)18-11-7-8-12-19(18)22(21,2)3;1-15-8-10-16(11-9-15)17-12-13-19-18-6-4-5-7-20(18)22(2,3)21(19)14-17;1-14-11-12-17-16-9-5-6-10-18(16)20(19(17)13-14)15-7-3-2-4-8-15;1-9-6-7-11-10-4-2-3-5-12(10)16(14,15)13(11)8-9/h5*4-14H,1-3H3;2-13H,1H3;2-8H,1H3. The van der Waals surface area contributed by atoms with E-state index in [1.807, 2.05) is 31.2 Å². The number of para-hydroxylation sites is 2. The molecule has 0 amide bonds. The Kier molecular flexibility index (Phi) is 25.3. The molecule has 27 rings (SSSR count). The van der Waals surface area contributed by atoms with Gasteiger partial charge in [0, 0.05) is 54.7 Å². The number of hydrogen-bond acceptors (Lipinski definition) is 2. The summed E-state index contributed by atoms with van der Waals surface area (Å²) < 4.78 is 26.8. The second-order valence-corrected chi connectivity index (χ2v) is 44.9. The van der Waals surface area contributed by atoms with Crippen LogP contribution in [-0.4, -0.2) is 13.0 Å². The number of benzene rings is 20. The molecular formula is C142H125NO2S. The van der Waals surface area contributed by atoms with E-state index < -0.39 is 9.84 Å². The minimum atomic E-state index is -3.29. The van der Waals surface area contributed by atoms with Gasteiger partial charge in [-0.05, 0) is 280 Å². The number of aromatic nitrogens is 1. The van der Waals surface area contributed by atoms with Crippen molar-refractivity contribution in [2.75, 3.05) is 0 Å². The fourth-order valence-electron chi connectivity index (χ4n) is 24.2. The summed E-state index contributed by atoms with van der Waals surface area (Å²) in [5.41, 5.74) is 56.3. The molecule has 2 heterocycles. The van der Waals surface area contributed by atoms with Crippen molar-refractivity contribution in [1.29, 1.82) is 0 Å². The summed E-state index contributed by atoms with van der Waals surface area (Å²) in [7, 11) is -3.29. The van der Waals surface area contributed by atoms with E-state index in [1.165, 1.54) is 228 Å². The zero-order valence-electron chi connectivity index (χ0n) is 86.9. The summed E-state index contributed by atoms with van der Waals surface area (Å²) >= 11 is 0. The Morgan fingerprint density at radius 3 is 1.14 bits per heavy atom. The summed E-state index contributed by atoms with van der Waals surface area (Å²) in [6, 6.07) is 160. The van der Waals surface area contributed by atoms with Crippen molar-refractivity contribution in [3.8, 4) is 128 Å². The van der Waals surface area contributed by atoms with E-state index in [9.17, 15) is 8.42 Å². The monoisotopic (exact) mass is 1910 g/mol. The molecule has 0 saturated heterocycles. The fourth-order valence-corrected chi connectivity index (χ4v) is 26.0. The third kappa shape index (κ3) is 17.1. The molecule has 0 spiro atoms. The van der Waals surface area contributed by atoms with Crippen LogP contribution in [0.4, 0.5) is 0 Å². The van der Waals surface area contributed by atoms with Crippen LogP contribution in [-0.2, 0) is 36.9 Å². The van der Waals surface area contributed by atoms with Gasteiger partial charge in [-0.3, -0.25) is 0 Å². The third-order valence-corrected chi connectivity index (χ3v) is 33.5. The lowest BCUT2D eigenvalue weighted by atomic mass is 9.78. The first-order chi connectivity index (χ1) is 70.4. The average molecular weight is 1910 g/mol. The normalized spacial score (nSPS) is 14.2. The van der Waals surface area contributed by atoms with Gasteiger partial charge in [0.25, 0.3) is 0 Å². The molecule has 3 nitrogen and oxygen atoms in total. The topological polar surface area (TPSA) is 39.1 Å². The van der Waals surface area contributed by atoms with E-state index in [2.05, 4.69) is 522 Å². The van der Waals surface area contributed by atoms with Gasteiger partial charge in [-0.15, -0.1) is 0 Å². The van der Waals surface area contributed by atoms with E-state index in [1.54, 1.807) is 18.2 Å². The Morgan fingerprint density at radius 1 is 0.185 bits per heavy atom. The first kappa shape index (κ1) is 96.3. The SMILES string of the molecule is Cc1ccc(-c2ccc3c(c2)C(C)(C)c2ccccc2-3)cc1.Cc1ccc(-c2cccc3c2-c2ccccc2C3(C)C)cc1.Cc1ccc(-c2cccc3c2C(C)(C)c2ccccc2-3)cc1.Cc1ccc(-c2ccccc2)c2c1-c1ccccc1C2(C)C.Cc1ccc(-c2ccccc2)c2c1C(C)(C)c1ccccc1-2.Cc1ccc2c(c1)S(=O)(=O)c1ccccc1-2.Cc1ccc2c3ccccc3n(-c3ccccc3)c2c1. The van der Waals surface area contributed by atoms with Crippen molar-refractivity contribution < 1.29 is 8.42 Å². The van der Waals surface area contributed by atoms with Crippen LogP contribution in [0.3, 0.4) is 0 Å². The first-order valence-corrected chi connectivity index (χ1v) is 52.9. The minimum absolute atomic E-state index is 0.0448. The van der Waals surface area contributed by atoms with Crippen molar-refractivity contribution in [1.82, 2.24) is 4.57 Å². The third-order valence-electron chi connectivity index (χ3n) is 31.6. The lowest BCUT2D eigenvalue weighted by Crippen LogP contribution is -2.16. The van der Waals surface area contributed by atoms with Gasteiger partial charge in [0.15, 0.2) is 0 Å². The van der Waals surface area contributed by atoms with Gasteiger partial charge in [-0.2, -0.15) is 0 Å². The highest BCUT2D eigenvalue weighted by molar-refractivity contribution is 7.92. The summed E-state index contributed by atoms with van der Waals surface area (Å²) in [6.45, 7) is 38.3. The second-order valence-electron chi connectivity index (χ2n) is 43.0. The zero-order valence-corrected chi connectivity index (χ0v) is 87.7. The summed E-state index contributed by atoms with van der Waals surface area (Å²) in [5, 5.41) is 2.63. The maximum atomic E-state index is 12.2. The smallest absolute Gasteiger partial charge is 0.207 e. The van der Waals surface area contributed by atoms with Gasteiger partial charge in [0.05, 0.1) is 20.8 Å². The highest BCUT2D eigenvalue weighted by Crippen LogP contribution is 2.59. The van der Waals surface area contributed by atoms with Crippen LogP contribution in [0.1, 0.15) is 164 Å². The molecule has 6 aliphatic rings. The summed E-state index contributed by atoms with van der Waals surface area (Å²) in [5.74, 6) is 0. The number of rotatable bonds is 6. The molecule has 1 aliphatic heterocycles. The molecule has 146 heavy (non-hydrogen) atoms. The van der Waals surface area contributed by atoms with Crippen molar-refractivity contribution in [3.05, 3.63) is 543 Å². The Bertz CT molecular complexity index is 8720. The van der Waals surface area contributed by atoms with E-state index in [0.717, 1.165) is 16.7 Å². The molecule has 716 valence electrons. The average Bonchev–Trinajstić information content (AvgIpc) is 1.57. The number of fused-ring (bicyclic) bond motifs is 21. The first-order valence-electron chi connectivity index (χ1n) is 51.4. The maximum Gasteiger partial charge on any atom is 0.207 e. The largest absolute Gasteiger partial charge is 0.309 e. The highest BCUT2D eigenvalue weighted by atomic mass is 32.2. The van der Waals surface area contributed by atoms with Crippen LogP contribution in [0.2, 0.25) is 0 Å². The van der Waals surface area contributed by atoms with Crippen LogP contribution in [0, 0.1) is 48.5 Å². The van der Waals surface area contributed by atoms with Crippen molar-refractivity contribution in [2.45, 2.75) is 155 Å². The quantitative estimate of drug-likeness (QED) is 0.166. The lowest BCUT2D eigenvalue weighted by Gasteiger charge is -2.25. The summed E-state index contributed by atoms with van der Waals surface area (Å²) in [4.78, 5) is 0.865. The zero-order chi connectivity index (χ0) is 101. The van der Waals surface area contributed by atoms with Crippen LogP contribution >= 0.6 is 0 Å². The summed E-state index contributed by atoms with van der Waals surface area (Å²) in [6.07, 6.45) is 0. The van der Waals surface area contributed by atoms with Crippen LogP contribution in [0.15, 0.2) is 459 Å². The van der Waals surface area contributed by atoms with Crippen LogP contribution in [0.5, 0.6) is 0 Å². The van der Waals surface area contributed by atoms with Crippen molar-refractivity contribution >= 4 is 31.6 Å². The number of hydrogen-bond donors (Lipinski definition) is 0.